The monoisotopic (exact) mass is 243 g/mol. The highest BCUT2D eigenvalue weighted by atomic mass is 16.2. The van der Waals surface area contributed by atoms with Crippen molar-refractivity contribution in [3.8, 4) is 0 Å². The number of carbonyl (C=O) groups excluding carboxylic acids is 1. The Morgan fingerprint density at radius 2 is 2.00 bits per heavy atom. The van der Waals surface area contributed by atoms with Gasteiger partial charge in [0.25, 0.3) is 0 Å². The van der Waals surface area contributed by atoms with Crippen LogP contribution < -0.4 is 0 Å². The standard InChI is InChI=1S/C14H17N3O/c18-14(16-8-3-4-9-16)7-10-17-11-15-12-5-1-2-6-13(12)17/h1-2,5-6,11H,3-4,7-10H2. The van der Waals surface area contributed by atoms with Crippen LogP contribution in [0, 0.1) is 0 Å². The minimum Gasteiger partial charge on any atom is -0.343 e. The lowest BCUT2D eigenvalue weighted by molar-refractivity contribution is -0.130. The number of hydrogen-bond acceptors (Lipinski definition) is 2. The first-order valence-corrected chi connectivity index (χ1v) is 6.52. The van der Waals surface area contributed by atoms with Crippen LogP contribution in [-0.4, -0.2) is 33.4 Å². The van der Waals surface area contributed by atoms with E-state index < -0.39 is 0 Å². The SMILES string of the molecule is O=C(CCn1cnc2ccccc21)N1CCCC1. The average molecular weight is 243 g/mol. The molecule has 0 atom stereocenters. The van der Waals surface area contributed by atoms with E-state index in [2.05, 4.69) is 9.55 Å². The van der Waals surface area contributed by atoms with Gasteiger partial charge in [0.2, 0.25) is 5.91 Å². The topological polar surface area (TPSA) is 38.1 Å². The molecular weight excluding hydrogens is 226 g/mol. The van der Waals surface area contributed by atoms with Gasteiger partial charge in [-0.1, -0.05) is 12.1 Å². The molecule has 2 heterocycles. The molecule has 1 amide bonds. The van der Waals surface area contributed by atoms with E-state index >= 15 is 0 Å². The second kappa shape index (κ2) is 4.80. The van der Waals surface area contributed by atoms with Crippen molar-refractivity contribution in [2.75, 3.05) is 13.1 Å². The number of carbonyl (C=O) groups is 1. The van der Waals surface area contributed by atoms with Gasteiger partial charge in [-0.15, -0.1) is 0 Å². The number of rotatable bonds is 3. The Bertz CT molecular complexity index is 555. The summed E-state index contributed by atoms with van der Waals surface area (Å²) in [5, 5.41) is 0. The lowest BCUT2D eigenvalue weighted by atomic mass is 10.3. The number of benzene rings is 1. The summed E-state index contributed by atoms with van der Waals surface area (Å²) >= 11 is 0. The Hall–Kier alpha value is -1.84. The molecule has 3 rings (SSSR count). The third-order valence-corrected chi connectivity index (χ3v) is 3.55. The van der Waals surface area contributed by atoms with Crippen LogP contribution in [-0.2, 0) is 11.3 Å². The van der Waals surface area contributed by atoms with Gasteiger partial charge in [-0.05, 0) is 25.0 Å². The zero-order valence-electron chi connectivity index (χ0n) is 10.4. The normalized spacial score (nSPS) is 15.4. The maximum Gasteiger partial charge on any atom is 0.224 e. The van der Waals surface area contributed by atoms with Crippen molar-refractivity contribution in [3.63, 3.8) is 0 Å². The Kier molecular flexibility index (Phi) is 3.00. The smallest absolute Gasteiger partial charge is 0.224 e. The number of nitrogens with zero attached hydrogens (tertiary/aromatic N) is 3. The summed E-state index contributed by atoms with van der Waals surface area (Å²) in [6, 6.07) is 8.02. The fourth-order valence-electron chi connectivity index (χ4n) is 2.53. The van der Waals surface area contributed by atoms with Crippen molar-refractivity contribution in [2.24, 2.45) is 0 Å². The molecule has 18 heavy (non-hydrogen) atoms. The summed E-state index contributed by atoms with van der Waals surface area (Å²) in [6.45, 7) is 2.59. The molecule has 1 saturated heterocycles. The molecule has 1 aromatic carbocycles. The Morgan fingerprint density at radius 3 is 2.83 bits per heavy atom. The molecule has 0 N–H and O–H groups in total. The maximum absolute atomic E-state index is 12.0. The van der Waals surface area contributed by atoms with E-state index in [9.17, 15) is 4.79 Å². The molecule has 0 bridgehead atoms. The first-order chi connectivity index (χ1) is 8.84. The molecule has 0 spiro atoms. The van der Waals surface area contributed by atoms with Crippen LogP contribution in [0.2, 0.25) is 0 Å². The number of amides is 1. The molecule has 1 aromatic heterocycles. The van der Waals surface area contributed by atoms with Crippen molar-refractivity contribution >= 4 is 16.9 Å². The number of aryl methyl sites for hydroxylation is 1. The number of likely N-dealkylation sites (tertiary alicyclic amines) is 1. The van der Waals surface area contributed by atoms with Crippen LogP contribution >= 0.6 is 0 Å². The average Bonchev–Trinajstić information content (AvgIpc) is 3.06. The first kappa shape index (κ1) is 11.3. The van der Waals surface area contributed by atoms with Crippen LogP contribution in [0.15, 0.2) is 30.6 Å². The molecule has 2 aromatic rings. The zero-order valence-corrected chi connectivity index (χ0v) is 10.4. The molecule has 1 aliphatic heterocycles. The quantitative estimate of drug-likeness (QED) is 0.827. The highest BCUT2D eigenvalue weighted by Gasteiger charge is 2.17. The van der Waals surface area contributed by atoms with Gasteiger partial charge >= 0.3 is 0 Å². The number of aromatic nitrogens is 2. The Labute approximate surface area is 106 Å². The van der Waals surface area contributed by atoms with Crippen molar-refractivity contribution in [1.29, 1.82) is 0 Å². The predicted molar refractivity (Wildman–Crippen MR) is 70.2 cm³/mol. The van der Waals surface area contributed by atoms with E-state index in [0.29, 0.717) is 6.42 Å². The molecule has 1 aliphatic rings. The fourth-order valence-corrected chi connectivity index (χ4v) is 2.53. The molecule has 0 unspecified atom stereocenters. The number of hydrogen-bond donors (Lipinski definition) is 0. The maximum atomic E-state index is 12.0. The van der Waals surface area contributed by atoms with Crippen LogP contribution in [0.3, 0.4) is 0 Å². The van der Waals surface area contributed by atoms with Gasteiger partial charge in [0, 0.05) is 26.1 Å². The molecule has 4 heteroatoms. The van der Waals surface area contributed by atoms with E-state index in [0.717, 1.165) is 43.5 Å². The number of imidazole rings is 1. The van der Waals surface area contributed by atoms with E-state index in [1.807, 2.05) is 35.5 Å². The van der Waals surface area contributed by atoms with Gasteiger partial charge in [-0.25, -0.2) is 4.98 Å². The van der Waals surface area contributed by atoms with Gasteiger partial charge < -0.3 is 9.47 Å². The van der Waals surface area contributed by atoms with Crippen LogP contribution in [0.1, 0.15) is 19.3 Å². The summed E-state index contributed by atoms with van der Waals surface area (Å²) in [4.78, 5) is 18.3. The van der Waals surface area contributed by atoms with Crippen molar-refractivity contribution in [2.45, 2.75) is 25.8 Å². The van der Waals surface area contributed by atoms with E-state index in [-0.39, 0.29) is 5.91 Å². The van der Waals surface area contributed by atoms with Gasteiger partial charge in [0.15, 0.2) is 0 Å². The second-order valence-electron chi connectivity index (χ2n) is 4.76. The third kappa shape index (κ3) is 2.10. The minimum atomic E-state index is 0.269. The zero-order chi connectivity index (χ0) is 12.4. The van der Waals surface area contributed by atoms with Crippen molar-refractivity contribution in [3.05, 3.63) is 30.6 Å². The summed E-state index contributed by atoms with van der Waals surface area (Å²) in [5.41, 5.74) is 2.10. The van der Waals surface area contributed by atoms with Gasteiger partial charge in [-0.2, -0.15) is 0 Å². The molecule has 94 valence electrons. The Morgan fingerprint density at radius 1 is 1.22 bits per heavy atom. The minimum absolute atomic E-state index is 0.269. The van der Waals surface area contributed by atoms with Gasteiger partial charge in [-0.3, -0.25) is 4.79 Å². The lowest BCUT2D eigenvalue weighted by Crippen LogP contribution is -2.28. The molecule has 1 fully saturated rings. The van der Waals surface area contributed by atoms with Crippen LogP contribution in [0.4, 0.5) is 0 Å². The van der Waals surface area contributed by atoms with Gasteiger partial charge in [0.1, 0.15) is 0 Å². The summed E-state index contributed by atoms with van der Waals surface area (Å²) in [5.74, 6) is 0.269. The summed E-state index contributed by atoms with van der Waals surface area (Å²) < 4.78 is 2.06. The first-order valence-electron chi connectivity index (χ1n) is 6.52. The van der Waals surface area contributed by atoms with Crippen LogP contribution in [0.5, 0.6) is 0 Å². The molecule has 4 nitrogen and oxygen atoms in total. The third-order valence-electron chi connectivity index (χ3n) is 3.55. The Balaban J connectivity index is 1.67. The van der Waals surface area contributed by atoms with E-state index in [4.69, 9.17) is 0 Å². The molecule has 0 saturated carbocycles. The molecule has 0 aliphatic carbocycles. The number of fused-ring (bicyclic) bond motifs is 1. The number of para-hydroxylation sites is 2. The van der Waals surface area contributed by atoms with Crippen LogP contribution in [0.25, 0.3) is 11.0 Å². The highest BCUT2D eigenvalue weighted by Crippen LogP contribution is 2.14. The molecular formula is C14H17N3O. The molecule has 0 radical (unpaired) electrons. The lowest BCUT2D eigenvalue weighted by Gasteiger charge is -2.15. The largest absolute Gasteiger partial charge is 0.343 e. The highest BCUT2D eigenvalue weighted by molar-refractivity contribution is 5.77. The van der Waals surface area contributed by atoms with Crippen molar-refractivity contribution < 1.29 is 4.79 Å². The van der Waals surface area contributed by atoms with Crippen molar-refractivity contribution in [1.82, 2.24) is 14.5 Å². The second-order valence-corrected chi connectivity index (χ2v) is 4.76. The van der Waals surface area contributed by atoms with E-state index in [1.165, 1.54) is 0 Å². The van der Waals surface area contributed by atoms with E-state index in [1.54, 1.807) is 0 Å². The fraction of sp³-hybridized carbons (Fsp3) is 0.429. The van der Waals surface area contributed by atoms with Gasteiger partial charge in [0.05, 0.1) is 17.4 Å². The summed E-state index contributed by atoms with van der Waals surface area (Å²) in [6.07, 6.45) is 4.70. The predicted octanol–water partition coefficient (Wildman–Crippen LogP) is 2.05. The summed E-state index contributed by atoms with van der Waals surface area (Å²) in [7, 11) is 0.